The number of carbonyl (C=O) groups is 2. The number of carbonyl (C=O) groups excluding carboxylic acids is 2. The van der Waals surface area contributed by atoms with Gasteiger partial charge < -0.3 is 19.5 Å². The summed E-state index contributed by atoms with van der Waals surface area (Å²) in [5.41, 5.74) is 0.801. The van der Waals surface area contributed by atoms with E-state index < -0.39 is 0 Å². The first-order chi connectivity index (χ1) is 15.8. The van der Waals surface area contributed by atoms with Crippen LogP contribution >= 0.6 is 22.9 Å². The monoisotopic (exact) mass is 488 g/mol. The number of nitrogens with one attached hydrogen (secondary N) is 1. The van der Waals surface area contributed by atoms with Crippen LogP contribution in [0.25, 0.3) is 10.2 Å². The maximum atomic E-state index is 12.7. The Morgan fingerprint density at radius 3 is 2.39 bits per heavy atom. The number of hydrogen-bond donors (Lipinski definition) is 1. The summed E-state index contributed by atoms with van der Waals surface area (Å²) < 4.78 is 5.52. The van der Waals surface area contributed by atoms with Crippen molar-refractivity contribution in [2.75, 3.05) is 32.8 Å². The lowest BCUT2D eigenvalue weighted by molar-refractivity contribution is -0.140. The molecule has 0 spiro atoms. The summed E-state index contributed by atoms with van der Waals surface area (Å²) in [6.07, 6.45) is 0.625. The van der Waals surface area contributed by atoms with Crippen LogP contribution < -0.4 is 10.3 Å². The first kappa shape index (κ1) is 23.3. The Bertz CT molecular complexity index is 1230. The van der Waals surface area contributed by atoms with Crippen molar-refractivity contribution in [2.45, 2.75) is 26.7 Å². The minimum Gasteiger partial charge on any atom is -0.484 e. The van der Waals surface area contributed by atoms with Gasteiger partial charge in [0.25, 0.3) is 11.5 Å². The molecule has 0 unspecified atom stereocenters. The Labute approximate surface area is 200 Å². The standard InChI is InChI=1S/C23H25ClN4O4S/c1-14-15(2)33-23-21(14)22(31)25-18(26-23)7-8-19(29)27-9-11-28(12-10-27)20(30)13-32-17-5-3-16(24)4-6-17/h3-6H,7-13H2,1-2H3,(H,25,26,31). The van der Waals surface area contributed by atoms with Gasteiger partial charge in [0.05, 0.1) is 5.39 Å². The number of ether oxygens (including phenoxy) is 1. The zero-order chi connectivity index (χ0) is 23.5. The third-order valence-electron chi connectivity index (χ3n) is 5.82. The molecule has 4 rings (SSSR count). The summed E-state index contributed by atoms with van der Waals surface area (Å²) in [6, 6.07) is 6.84. The van der Waals surface area contributed by atoms with E-state index >= 15 is 0 Å². The van der Waals surface area contributed by atoms with Gasteiger partial charge >= 0.3 is 0 Å². The van der Waals surface area contributed by atoms with Crippen LogP contribution in [0, 0.1) is 13.8 Å². The van der Waals surface area contributed by atoms with Crippen molar-refractivity contribution in [3.8, 4) is 5.75 Å². The van der Waals surface area contributed by atoms with E-state index in [9.17, 15) is 14.4 Å². The number of halogens is 1. The summed E-state index contributed by atoms with van der Waals surface area (Å²) >= 11 is 7.34. The molecular formula is C23H25ClN4O4S. The molecular weight excluding hydrogens is 464 g/mol. The first-order valence-electron chi connectivity index (χ1n) is 10.7. The molecule has 1 aliphatic heterocycles. The second-order valence-electron chi connectivity index (χ2n) is 7.98. The molecule has 1 N–H and O–H groups in total. The second kappa shape index (κ2) is 9.93. The van der Waals surface area contributed by atoms with E-state index in [-0.39, 0.29) is 30.4 Å². The normalized spacial score (nSPS) is 14.0. The maximum absolute atomic E-state index is 12.7. The first-order valence-corrected chi connectivity index (χ1v) is 11.9. The fraction of sp³-hybridized carbons (Fsp3) is 0.391. The maximum Gasteiger partial charge on any atom is 0.260 e. The van der Waals surface area contributed by atoms with Crippen LogP contribution in [0.5, 0.6) is 5.75 Å². The Hall–Kier alpha value is -2.91. The summed E-state index contributed by atoms with van der Waals surface area (Å²) in [4.78, 5) is 50.1. The van der Waals surface area contributed by atoms with Crippen molar-refractivity contribution >= 4 is 45.0 Å². The van der Waals surface area contributed by atoms with Crippen LogP contribution in [-0.2, 0) is 16.0 Å². The molecule has 1 aromatic carbocycles. The van der Waals surface area contributed by atoms with Gasteiger partial charge in [-0.3, -0.25) is 14.4 Å². The average molecular weight is 489 g/mol. The van der Waals surface area contributed by atoms with Crippen LogP contribution in [0.2, 0.25) is 5.02 Å². The lowest BCUT2D eigenvalue weighted by Gasteiger charge is -2.34. The molecule has 3 aromatic rings. The van der Waals surface area contributed by atoms with E-state index in [4.69, 9.17) is 16.3 Å². The smallest absolute Gasteiger partial charge is 0.260 e. The zero-order valence-corrected chi connectivity index (χ0v) is 20.1. The molecule has 1 fully saturated rings. The van der Waals surface area contributed by atoms with Crippen molar-refractivity contribution in [1.29, 1.82) is 0 Å². The molecule has 2 amide bonds. The zero-order valence-electron chi connectivity index (χ0n) is 18.5. The Balaban J connectivity index is 1.25. The Kier molecular flexibility index (Phi) is 6.99. The molecule has 1 aliphatic rings. The molecule has 0 atom stereocenters. The molecule has 3 heterocycles. The number of aryl methyl sites for hydroxylation is 3. The third-order valence-corrected chi connectivity index (χ3v) is 7.18. The fourth-order valence-electron chi connectivity index (χ4n) is 3.77. The highest BCUT2D eigenvalue weighted by molar-refractivity contribution is 7.18. The van der Waals surface area contributed by atoms with E-state index in [1.165, 1.54) is 11.3 Å². The number of hydrogen-bond acceptors (Lipinski definition) is 6. The van der Waals surface area contributed by atoms with E-state index in [0.29, 0.717) is 59.4 Å². The Morgan fingerprint density at radius 1 is 1.09 bits per heavy atom. The van der Waals surface area contributed by atoms with Gasteiger partial charge in [-0.15, -0.1) is 11.3 Å². The van der Waals surface area contributed by atoms with Gasteiger partial charge in [-0.25, -0.2) is 4.98 Å². The van der Waals surface area contributed by atoms with Gasteiger partial charge in [0.15, 0.2) is 6.61 Å². The molecule has 10 heteroatoms. The van der Waals surface area contributed by atoms with Crippen molar-refractivity contribution in [3.05, 3.63) is 55.9 Å². The highest BCUT2D eigenvalue weighted by Gasteiger charge is 2.24. The predicted molar refractivity (Wildman–Crippen MR) is 128 cm³/mol. The second-order valence-corrected chi connectivity index (χ2v) is 9.62. The van der Waals surface area contributed by atoms with E-state index in [1.54, 1.807) is 34.1 Å². The molecule has 33 heavy (non-hydrogen) atoms. The SMILES string of the molecule is Cc1sc2nc(CCC(=O)N3CCN(C(=O)COc4ccc(Cl)cc4)CC3)[nH]c(=O)c2c1C. The van der Waals surface area contributed by atoms with Crippen LogP contribution in [0.4, 0.5) is 0 Å². The molecule has 1 saturated heterocycles. The topological polar surface area (TPSA) is 95.6 Å². The molecule has 0 bridgehead atoms. The number of thiophene rings is 1. The van der Waals surface area contributed by atoms with Gasteiger partial charge in [0.1, 0.15) is 16.4 Å². The van der Waals surface area contributed by atoms with Gasteiger partial charge in [0, 0.05) is 48.9 Å². The van der Waals surface area contributed by atoms with Gasteiger partial charge in [0.2, 0.25) is 5.91 Å². The lowest BCUT2D eigenvalue weighted by Crippen LogP contribution is -2.51. The van der Waals surface area contributed by atoms with Crippen LogP contribution in [0.1, 0.15) is 22.7 Å². The van der Waals surface area contributed by atoms with Gasteiger partial charge in [-0.1, -0.05) is 11.6 Å². The highest BCUT2D eigenvalue weighted by atomic mass is 35.5. The molecule has 0 saturated carbocycles. The van der Waals surface area contributed by atoms with E-state index in [2.05, 4.69) is 9.97 Å². The number of fused-ring (bicyclic) bond motifs is 1. The van der Waals surface area contributed by atoms with Gasteiger partial charge in [-0.05, 0) is 43.7 Å². The van der Waals surface area contributed by atoms with Crippen LogP contribution in [0.3, 0.4) is 0 Å². The number of aromatic amines is 1. The van der Waals surface area contributed by atoms with Gasteiger partial charge in [-0.2, -0.15) is 0 Å². The molecule has 0 radical (unpaired) electrons. The number of H-pyrrole nitrogens is 1. The van der Waals surface area contributed by atoms with Crippen molar-refractivity contribution in [2.24, 2.45) is 0 Å². The quantitative estimate of drug-likeness (QED) is 0.575. The van der Waals surface area contributed by atoms with Crippen LogP contribution in [-0.4, -0.2) is 64.4 Å². The number of piperazine rings is 1. The number of amides is 2. The van der Waals surface area contributed by atoms with Crippen molar-refractivity contribution in [1.82, 2.24) is 19.8 Å². The summed E-state index contributed by atoms with van der Waals surface area (Å²) in [7, 11) is 0. The van der Waals surface area contributed by atoms with Crippen molar-refractivity contribution in [3.63, 3.8) is 0 Å². The minimum absolute atomic E-state index is 0.0131. The van der Waals surface area contributed by atoms with E-state index in [1.807, 2.05) is 13.8 Å². The molecule has 0 aliphatic carbocycles. The third kappa shape index (κ3) is 5.36. The van der Waals surface area contributed by atoms with Crippen LogP contribution in [0.15, 0.2) is 29.1 Å². The minimum atomic E-state index is -0.155. The fourth-order valence-corrected chi connectivity index (χ4v) is 4.95. The predicted octanol–water partition coefficient (Wildman–Crippen LogP) is 2.94. The number of benzene rings is 1. The molecule has 8 nitrogen and oxygen atoms in total. The summed E-state index contributed by atoms with van der Waals surface area (Å²) in [6.45, 7) is 5.70. The summed E-state index contributed by atoms with van der Waals surface area (Å²) in [5.74, 6) is 0.976. The molecule has 2 aromatic heterocycles. The number of aromatic nitrogens is 2. The van der Waals surface area contributed by atoms with Crippen molar-refractivity contribution < 1.29 is 14.3 Å². The number of nitrogens with zero attached hydrogens (tertiary/aromatic N) is 3. The summed E-state index contributed by atoms with van der Waals surface area (Å²) in [5, 5.41) is 1.24. The Morgan fingerprint density at radius 2 is 1.73 bits per heavy atom. The highest BCUT2D eigenvalue weighted by Crippen LogP contribution is 2.25. The molecule has 174 valence electrons. The van der Waals surface area contributed by atoms with E-state index in [0.717, 1.165) is 10.4 Å². The number of rotatable bonds is 6. The lowest BCUT2D eigenvalue weighted by atomic mass is 10.2. The average Bonchev–Trinajstić information content (AvgIpc) is 3.10. The largest absolute Gasteiger partial charge is 0.484 e.